The van der Waals surface area contributed by atoms with Gasteiger partial charge in [-0.05, 0) is 25.2 Å². The highest BCUT2D eigenvalue weighted by Gasteiger charge is 2.28. The molecule has 0 bridgehead atoms. The van der Waals surface area contributed by atoms with E-state index in [1.807, 2.05) is 16.8 Å². The van der Waals surface area contributed by atoms with Crippen LogP contribution in [0.15, 0.2) is 0 Å². The van der Waals surface area contributed by atoms with Crippen LogP contribution in [0.4, 0.5) is 0 Å². The number of nitrogens with zero attached hydrogens (tertiary/aromatic N) is 2. The van der Waals surface area contributed by atoms with E-state index < -0.39 is 0 Å². The number of rotatable bonds is 6. The summed E-state index contributed by atoms with van der Waals surface area (Å²) < 4.78 is 0. The number of likely N-dealkylation sites (tertiary alicyclic amines) is 1. The summed E-state index contributed by atoms with van der Waals surface area (Å²) in [5.41, 5.74) is 0. The summed E-state index contributed by atoms with van der Waals surface area (Å²) in [5.74, 6) is 1.02. The maximum atomic E-state index is 12.3. The Hall–Kier alpha value is -1.06. The average Bonchev–Trinajstić information content (AvgIpc) is 2.43. The van der Waals surface area contributed by atoms with Crippen molar-refractivity contribution < 1.29 is 9.59 Å². The maximum absolute atomic E-state index is 12.3. The minimum Gasteiger partial charge on any atom is -0.346 e. The quantitative estimate of drug-likeness (QED) is 0.751. The molecule has 0 aromatic rings. The number of carbonyl (C=O) groups is 2. The molecule has 0 N–H and O–H groups in total. The zero-order chi connectivity index (χ0) is 15.1. The molecule has 1 aliphatic heterocycles. The molecular formula is C16H30N2O2. The van der Waals surface area contributed by atoms with Crippen LogP contribution in [0.2, 0.25) is 0 Å². The fourth-order valence-electron chi connectivity index (χ4n) is 2.67. The van der Waals surface area contributed by atoms with Gasteiger partial charge in [0.2, 0.25) is 11.8 Å². The molecule has 0 aromatic heterocycles. The molecule has 1 rings (SSSR count). The highest BCUT2D eigenvalue weighted by molar-refractivity contribution is 5.80. The highest BCUT2D eigenvalue weighted by Crippen LogP contribution is 2.20. The van der Waals surface area contributed by atoms with Gasteiger partial charge in [-0.25, -0.2) is 0 Å². The van der Waals surface area contributed by atoms with Crippen LogP contribution in [0.5, 0.6) is 0 Å². The molecule has 0 spiro atoms. The standard InChI is InChI=1S/C16H30N2O2/c1-5-6-9-17(4)16(20)14-7-10-18(11-8-14)15(19)12-13(2)3/h13-14H,5-12H2,1-4H3. The first kappa shape index (κ1) is 17.0. The molecule has 20 heavy (non-hydrogen) atoms. The third-order valence-corrected chi connectivity index (χ3v) is 4.00. The van der Waals surface area contributed by atoms with E-state index in [0.29, 0.717) is 12.3 Å². The van der Waals surface area contributed by atoms with Crippen LogP contribution < -0.4 is 0 Å². The van der Waals surface area contributed by atoms with Crippen molar-refractivity contribution in [2.24, 2.45) is 11.8 Å². The SMILES string of the molecule is CCCCN(C)C(=O)C1CCN(C(=O)CC(C)C)CC1. The van der Waals surface area contributed by atoms with Gasteiger partial charge in [-0.1, -0.05) is 27.2 Å². The van der Waals surface area contributed by atoms with Crippen LogP contribution in [-0.4, -0.2) is 48.3 Å². The molecule has 0 aromatic carbocycles. The normalized spacial score (nSPS) is 16.6. The van der Waals surface area contributed by atoms with E-state index in [2.05, 4.69) is 20.8 Å². The summed E-state index contributed by atoms with van der Waals surface area (Å²) in [6, 6.07) is 0. The van der Waals surface area contributed by atoms with Crippen molar-refractivity contribution in [3.05, 3.63) is 0 Å². The van der Waals surface area contributed by atoms with Crippen LogP contribution >= 0.6 is 0 Å². The minimum absolute atomic E-state index is 0.111. The first-order valence-electron chi connectivity index (χ1n) is 7.98. The van der Waals surface area contributed by atoms with E-state index in [4.69, 9.17) is 0 Å². The summed E-state index contributed by atoms with van der Waals surface area (Å²) in [7, 11) is 1.90. The largest absolute Gasteiger partial charge is 0.346 e. The molecule has 4 nitrogen and oxygen atoms in total. The Morgan fingerprint density at radius 2 is 1.85 bits per heavy atom. The second-order valence-electron chi connectivity index (χ2n) is 6.37. The number of amides is 2. The third-order valence-electron chi connectivity index (χ3n) is 4.00. The van der Waals surface area contributed by atoms with Crippen molar-refractivity contribution >= 4 is 11.8 Å². The van der Waals surface area contributed by atoms with E-state index in [9.17, 15) is 9.59 Å². The van der Waals surface area contributed by atoms with Gasteiger partial charge in [-0.15, -0.1) is 0 Å². The predicted octanol–water partition coefficient (Wildman–Crippen LogP) is 2.53. The van der Waals surface area contributed by atoms with E-state index >= 15 is 0 Å². The first-order chi connectivity index (χ1) is 9.45. The van der Waals surface area contributed by atoms with Gasteiger partial charge in [-0.3, -0.25) is 9.59 Å². The zero-order valence-corrected chi connectivity index (χ0v) is 13.5. The number of hydrogen-bond donors (Lipinski definition) is 0. The Labute approximate surface area is 123 Å². The second kappa shape index (κ2) is 8.28. The predicted molar refractivity (Wildman–Crippen MR) is 81.3 cm³/mol. The van der Waals surface area contributed by atoms with Gasteiger partial charge in [0.1, 0.15) is 0 Å². The van der Waals surface area contributed by atoms with Gasteiger partial charge in [0.15, 0.2) is 0 Å². The molecule has 1 fully saturated rings. The fraction of sp³-hybridized carbons (Fsp3) is 0.875. The molecule has 0 atom stereocenters. The van der Waals surface area contributed by atoms with Gasteiger partial charge in [0.05, 0.1) is 0 Å². The molecular weight excluding hydrogens is 252 g/mol. The molecule has 1 heterocycles. The van der Waals surface area contributed by atoms with Gasteiger partial charge in [-0.2, -0.15) is 0 Å². The molecule has 1 saturated heterocycles. The van der Waals surface area contributed by atoms with Gasteiger partial charge >= 0.3 is 0 Å². The van der Waals surface area contributed by atoms with E-state index in [0.717, 1.165) is 45.3 Å². The highest BCUT2D eigenvalue weighted by atomic mass is 16.2. The van der Waals surface area contributed by atoms with Crippen LogP contribution in [0.1, 0.15) is 52.9 Å². The monoisotopic (exact) mass is 282 g/mol. The lowest BCUT2D eigenvalue weighted by atomic mass is 9.94. The number of carbonyl (C=O) groups excluding carboxylic acids is 2. The Kier molecular flexibility index (Phi) is 7.03. The summed E-state index contributed by atoms with van der Waals surface area (Å²) in [4.78, 5) is 28.1. The Balaban J connectivity index is 2.38. The van der Waals surface area contributed by atoms with E-state index in [1.54, 1.807) is 0 Å². The van der Waals surface area contributed by atoms with Crippen molar-refractivity contribution in [1.82, 2.24) is 9.80 Å². The van der Waals surface area contributed by atoms with Crippen molar-refractivity contribution in [3.8, 4) is 0 Å². The fourth-order valence-corrected chi connectivity index (χ4v) is 2.67. The lowest BCUT2D eigenvalue weighted by Crippen LogP contribution is -2.43. The summed E-state index contributed by atoms with van der Waals surface area (Å²) >= 11 is 0. The maximum Gasteiger partial charge on any atom is 0.225 e. The van der Waals surface area contributed by atoms with Gasteiger partial charge in [0, 0.05) is 39.0 Å². The first-order valence-corrected chi connectivity index (χ1v) is 7.98. The minimum atomic E-state index is 0.111. The molecule has 0 radical (unpaired) electrons. The van der Waals surface area contributed by atoms with Crippen LogP contribution in [0.25, 0.3) is 0 Å². The van der Waals surface area contributed by atoms with E-state index in [-0.39, 0.29) is 17.7 Å². The van der Waals surface area contributed by atoms with E-state index in [1.165, 1.54) is 0 Å². The van der Waals surface area contributed by atoms with Gasteiger partial charge < -0.3 is 9.80 Å². The Morgan fingerprint density at radius 1 is 1.25 bits per heavy atom. The van der Waals surface area contributed by atoms with Gasteiger partial charge in [0.25, 0.3) is 0 Å². The number of piperidine rings is 1. The summed E-state index contributed by atoms with van der Waals surface area (Å²) in [6.45, 7) is 8.60. The smallest absolute Gasteiger partial charge is 0.225 e. The second-order valence-corrected chi connectivity index (χ2v) is 6.37. The lowest BCUT2D eigenvalue weighted by Gasteiger charge is -2.33. The van der Waals surface area contributed by atoms with Crippen LogP contribution in [0.3, 0.4) is 0 Å². The van der Waals surface area contributed by atoms with Crippen molar-refractivity contribution in [2.45, 2.75) is 52.9 Å². The van der Waals surface area contributed by atoms with Crippen molar-refractivity contribution in [3.63, 3.8) is 0 Å². The average molecular weight is 282 g/mol. The molecule has 116 valence electrons. The molecule has 0 saturated carbocycles. The molecule has 0 aliphatic carbocycles. The van der Waals surface area contributed by atoms with Crippen molar-refractivity contribution in [1.29, 1.82) is 0 Å². The molecule has 1 aliphatic rings. The van der Waals surface area contributed by atoms with Crippen LogP contribution in [0, 0.1) is 11.8 Å². The molecule has 4 heteroatoms. The number of unbranched alkanes of at least 4 members (excludes halogenated alkanes) is 1. The zero-order valence-electron chi connectivity index (χ0n) is 13.5. The summed E-state index contributed by atoms with van der Waals surface area (Å²) in [5, 5.41) is 0. The Morgan fingerprint density at radius 3 is 2.35 bits per heavy atom. The molecule has 2 amide bonds. The van der Waals surface area contributed by atoms with Crippen molar-refractivity contribution in [2.75, 3.05) is 26.7 Å². The lowest BCUT2D eigenvalue weighted by molar-refractivity contribution is -0.140. The molecule has 0 unspecified atom stereocenters. The Bertz CT molecular complexity index is 320. The van der Waals surface area contributed by atoms with Crippen LogP contribution in [-0.2, 0) is 9.59 Å². The summed E-state index contributed by atoms with van der Waals surface area (Å²) in [6.07, 6.45) is 4.43. The third kappa shape index (κ3) is 5.14. The topological polar surface area (TPSA) is 40.6 Å². The number of hydrogen-bond acceptors (Lipinski definition) is 2.